The lowest BCUT2D eigenvalue weighted by Gasteiger charge is -2.34. The van der Waals surface area contributed by atoms with Gasteiger partial charge in [0, 0.05) is 47.2 Å². The van der Waals surface area contributed by atoms with E-state index < -0.39 is 5.82 Å². The van der Waals surface area contributed by atoms with E-state index in [-0.39, 0.29) is 17.1 Å². The molecule has 8 rings (SSSR count). The molecule has 41 heavy (non-hydrogen) atoms. The number of benzene rings is 2. The van der Waals surface area contributed by atoms with Crippen LogP contribution in [0, 0.1) is 5.82 Å². The number of rotatable bonds is 6. The van der Waals surface area contributed by atoms with Gasteiger partial charge >= 0.3 is 6.01 Å². The van der Waals surface area contributed by atoms with Crippen LogP contribution < -0.4 is 15.0 Å². The first-order chi connectivity index (χ1) is 20.1. The van der Waals surface area contributed by atoms with Crippen LogP contribution in [-0.4, -0.2) is 76.5 Å². The Morgan fingerprint density at radius 2 is 1.80 bits per heavy atom. The number of nitrogens with zero attached hydrogens (tertiary/aromatic N) is 5. The van der Waals surface area contributed by atoms with E-state index in [4.69, 9.17) is 19.7 Å². The standard InChI is InChI=1S/C32H35FN6OS/c1-41-25-9-3-7-20-6-2-8-23(26(20)25)28-27(33)29-24(16-34-28)30(38-17-21-10-11-22(18-38)35-21)37-31(36-29)40-19-32-12-4-14-39(32)15-5-13-32/h2-3,6-9,16,21-22,35H,4-5,10-15,17-19H2,1H3. The summed E-state index contributed by atoms with van der Waals surface area (Å²) in [5.41, 5.74) is 1.44. The molecule has 4 aliphatic rings. The number of piperazine rings is 1. The SMILES string of the molecule is CSc1cccc2cccc(-c3ncc4c(N5CC6CCC(C5)N6)nc(OCC56CCCN5CCC6)nc4c3F)c12. The van der Waals surface area contributed by atoms with E-state index in [0.29, 0.717) is 29.8 Å². The van der Waals surface area contributed by atoms with Crippen molar-refractivity contribution in [1.82, 2.24) is 25.2 Å². The summed E-state index contributed by atoms with van der Waals surface area (Å²) in [6, 6.07) is 13.3. The maximum atomic E-state index is 16.7. The van der Waals surface area contributed by atoms with Gasteiger partial charge in [-0.3, -0.25) is 9.88 Å². The molecule has 0 spiro atoms. The number of fused-ring (bicyclic) bond motifs is 5. The van der Waals surface area contributed by atoms with Gasteiger partial charge in [-0.15, -0.1) is 11.8 Å². The molecule has 4 aromatic rings. The molecule has 212 valence electrons. The van der Waals surface area contributed by atoms with Crippen molar-refractivity contribution < 1.29 is 9.13 Å². The normalized spacial score (nSPS) is 23.5. The minimum Gasteiger partial charge on any atom is -0.461 e. The fourth-order valence-corrected chi connectivity index (χ4v) is 8.47. The Morgan fingerprint density at radius 3 is 2.56 bits per heavy atom. The Kier molecular flexibility index (Phi) is 6.31. The maximum absolute atomic E-state index is 16.7. The number of aromatic nitrogens is 3. The topological polar surface area (TPSA) is 66.4 Å². The highest BCUT2D eigenvalue weighted by Crippen LogP contribution is 2.41. The van der Waals surface area contributed by atoms with Crippen molar-refractivity contribution in [2.24, 2.45) is 0 Å². The average molecular weight is 571 g/mol. The highest BCUT2D eigenvalue weighted by atomic mass is 32.2. The number of halogens is 1. The van der Waals surface area contributed by atoms with Crippen LogP contribution in [0.1, 0.15) is 38.5 Å². The van der Waals surface area contributed by atoms with E-state index in [1.54, 1.807) is 18.0 Å². The predicted molar refractivity (Wildman–Crippen MR) is 162 cm³/mol. The van der Waals surface area contributed by atoms with Crippen LogP contribution in [0.15, 0.2) is 47.5 Å². The Hall–Kier alpha value is -3.01. The molecule has 0 saturated carbocycles. The highest BCUT2D eigenvalue weighted by Gasteiger charge is 2.45. The lowest BCUT2D eigenvalue weighted by Crippen LogP contribution is -2.51. The van der Waals surface area contributed by atoms with Crippen molar-refractivity contribution in [3.8, 4) is 17.3 Å². The van der Waals surface area contributed by atoms with Crippen molar-refractivity contribution in [2.45, 2.75) is 61.0 Å². The monoisotopic (exact) mass is 570 g/mol. The molecular weight excluding hydrogens is 535 g/mol. The van der Waals surface area contributed by atoms with E-state index in [1.807, 2.05) is 18.2 Å². The second-order valence-electron chi connectivity index (χ2n) is 12.1. The van der Waals surface area contributed by atoms with E-state index in [0.717, 1.165) is 78.9 Å². The first kappa shape index (κ1) is 25.7. The zero-order valence-electron chi connectivity index (χ0n) is 23.4. The molecule has 2 bridgehead atoms. The third kappa shape index (κ3) is 4.27. The van der Waals surface area contributed by atoms with Crippen LogP contribution >= 0.6 is 11.8 Å². The second kappa shape index (κ2) is 10.1. The molecule has 1 N–H and O–H groups in total. The molecule has 0 aliphatic carbocycles. The molecule has 2 unspecified atom stereocenters. The molecule has 4 aliphatic heterocycles. The zero-order chi connectivity index (χ0) is 27.6. The van der Waals surface area contributed by atoms with Gasteiger partial charge in [-0.2, -0.15) is 9.97 Å². The summed E-state index contributed by atoms with van der Waals surface area (Å²) >= 11 is 1.66. The largest absolute Gasteiger partial charge is 0.461 e. The van der Waals surface area contributed by atoms with E-state index in [2.05, 4.69) is 39.6 Å². The minimum absolute atomic E-state index is 0.0613. The first-order valence-corrected chi connectivity index (χ1v) is 16.2. The molecule has 2 aromatic carbocycles. The summed E-state index contributed by atoms with van der Waals surface area (Å²) in [6.45, 7) is 4.48. The molecule has 7 nitrogen and oxygen atoms in total. The van der Waals surface area contributed by atoms with E-state index >= 15 is 4.39 Å². The summed E-state index contributed by atoms with van der Waals surface area (Å²) in [5, 5.41) is 6.42. The lowest BCUT2D eigenvalue weighted by atomic mass is 9.95. The number of pyridine rings is 1. The molecule has 0 radical (unpaired) electrons. The molecule has 4 fully saturated rings. The number of anilines is 1. The molecular formula is C32H35FN6OS. The van der Waals surface area contributed by atoms with Crippen LogP contribution in [-0.2, 0) is 0 Å². The van der Waals surface area contributed by atoms with Gasteiger partial charge in [0.25, 0.3) is 0 Å². The maximum Gasteiger partial charge on any atom is 0.319 e. The summed E-state index contributed by atoms with van der Waals surface area (Å²) in [6.07, 6.45) is 10.8. The Morgan fingerprint density at radius 1 is 1.05 bits per heavy atom. The minimum atomic E-state index is -0.418. The summed E-state index contributed by atoms with van der Waals surface area (Å²) < 4.78 is 23.1. The zero-order valence-corrected chi connectivity index (χ0v) is 24.2. The van der Waals surface area contributed by atoms with E-state index in [9.17, 15) is 0 Å². The third-order valence-electron chi connectivity index (χ3n) is 9.78. The van der Waals surface area contributed by atoms with Crippen LogP contribution in [0.5, 0.6) is 6.01 Å². The van der Waals surface area contributed by atoms with Crippen LogP contribution in [0.25, 0.3) is 32.9 Å². The molecule has 4 saturated heterocycles. The third-order valence-corrected chi connectivity index (χ3v) is 10.6. The van der Waals surface area contributed by atoms with Crippen LogP contribution in [0.4, 0.5) is 10.2 Å². The summed E-state index contributed by atoms with van der Waals surface area (Å²) in [7, 11) is 0. The lowest BCUT2D eigenvalue weighted by molar-refractivity contribution is 0.108. The van der Waals surface area contributed by atoms with Gasteiger partial charge in [-0.25, -0.2) is 4.39 Å². The quantitative estimate of drug-likeness (QED) is 0.298. The molecule has 9 heteroatoms. The van der Waals surface area contributed by atoms with Gasteiger partial charge < -0.3 is 15.0 Å². The van der Waals surface area contributed by atoms with Gasteiger partial charge in [0.05, 0.1) is 10.9 Å². The van der Waals surface area contributed by atoms with Gasteiger partial charge in [0.15, 0.2) is 5.82 Å². The number of thioether (sulfide) groups is 1. The van der Waals surface area contributed by atoms with E-state index in [1.165, 1.54) is 12.8 Å². The highest BCUT2D eigenvalue weighted by molar-refractivity contribution is 7.98. The Balaban J connectivity index is 1.26. The Bertz CT molecular complexity index is 1620. The summed E-state index contributed by atoms with van der Waals surface area (Å²) in [4.78, 5) is 20.4. The number of hydrogen-bond acceptors (Lipinski definition) is 8. The summed E-state index contributed by atoms with van der Waals surface area (Å²) in [5.74, 6) is 0.315. The van der Waals surface area contributed by atoms with Crippen molar-refractivity contribution in [3.63, 3.8) is 0 Å². The van der Waals surface area contributed by atoms with Crippen molar-refractivity contribution in [3.05, 3.63) is 48.4 Å². The first-order valence-electron chi connectivity index (χ1n) is 14.9. The van der Waals surface area contributed by atoms with Gasteiger partial charge in [0.2, 0.25) is 0 Å². The van der Waals surface area contributed by atoms with Gasteiger partial charge in [-0.05, 0) is 69.3 Å². The fourth-order valence-electron chi connectivity index (χ4n) is 7.82. The van der Waals surface area contributed by atoms with Crippen LogP contribution in [0.3, 0.4) is 0 Å². The van der Waals surface area contributed by atoms with Crippen molar-refractivity contribution >= 4 is 39.3 Å². The molecule has 2 aromatic heterocycles. The number of ether oxygens (including phenoxy) is 1. The smallest absolute Gasteiger partial charge is 0.319 e. The predicted octanol–water partition coefficient (Wildman–Crippen LogP) is 5.65. The Labute approximate surface area is 243 Å². The second-order valence-corrected chi connectivity index (χ2v) is 13.0. The van der Waals surface area contributed by atoms with Crippen molar-refractivity contribution in [2.75, 3.05) is 43.9 Å². The molecule has 2 atom stereocenters. The van der Waals surface area contributed by atoms with Gasteiger partial charge in [-0.1, -0.05) is 30.3 Å². The average Bonchev–Trinajstić information content (AvgIpc) is 3.69. The molecule has 0 amide bonds. The number of hydrogen-bond donors (Lipinski definition) is 1. The fraction of sp³-hybridized carbons (Fsp3) is 0.469. The number of nitrogens with one attached hydrogen (secondary N) is 1. The van der Waals surface area contributed by atoms with Crippen molar-refractivity contribution in [1.29, 1.82) is 0 Å². The van der Waals surface area contributed by atoms with Crippen LogP contribution in [0.2, 0.25) is 0 Å². The van der Waals surface area contributed by atoms with Gasteiger partial charge in [0.1, 0.15) is 23.6 Å². The molecule has 6 heterocycles.